The number of ether oxygens (including phenoxy) is 1. The highest BCUT2D eigenvalue weighted by Gasteiger charge is 2.16. The summed E-state index contributed by atoms with van der Waals surface area (Å²) in [5.74, 6) is -1.58. The lowest BCUT2D eigenvalue weighted by atomic mass is 10.2. The van der Waals surface area contributed by atoms with Crippen molar-refractivity contribution in [1.82, 2.24) is 9.55 Å². The molecular formula is C18H19F2N3O3S3. The van der Waals surface area contributed by atoms with Gasteiger partial charge in [-0.15, -0.1) is 0 Å². The first-order valence-electron chi connectivity index (χ1n) is 8.50. The van der Waals surface area contributed by atoms with E-state index in [1.165, 1.54) is 31.0 Å². The van der Waals surface area contributed by atoms with E-state index in [-0.39, 0.29) is 4.90 Å². The van der Waals surface area contributed by atoms with Gasteiger partial charge in [0, 0.05) is 12.3 Å². The van der Waals surface area contributed by atoms with Gasteiger partial charge < -0.3 is 9.30 Å². The molecule has 0 aliphatic carbocycles. The number of primary sulfonamides is 1. The third-order valence-corrected chi connectivity index (χ3v) is 6.87. The van der Waals surface area contributed by atoms with Crippen LogP contribution in [0.4, 0.5) is 8.78 Å². The molecule has 1 aromatic heterocycles. The van der Waals surface area contributed by atoms with Gasteiger partial charge in [0.1, 0.15) is 5.75 Å². The number of alkyl halides is 2. The number of nitrogens with zero attached hydrogens (tertiary/aromatic N) is 2. The van der Waals surface area contributed by atoms with E-state index in [1.807, 2.05) is 11.5 Å². The van der Waals surface area contributed by atoms with Gasteiger partial charge in [0.25, 0.3) is 5.76 Å². The van der Waals surface area contributed by atoms with Crippen LogP contribution >= 0.6 is 23.5 Å². The smallest absolute Gasteiger partial charge is 0.289 e. The van der Waals surface area contributed by atoms with E-state index in [0.717, 1.165) is 16.2 Å². The van der Waals surface area contributed by atoms with Gasteiger partial charge in [0.05, 0.1) is 27.9 Å². The molecule has 1 heterocycles. The van der Waals surface area contributed by atoms with Crippen molar-refractivity contribution in [1.29, 1.82) is 0 Å². The number of benzene rings is 2. The number of thioether (sulfide) groups is 2. The zero-order valence-corrected chi connectivity index (χ0v) is 18.1. The van der Waals surface area contributed by atoms with Crippen molar-refractivity contribution in [2.24, 2.45) is 5.14 Å². The molecule has 3 aromatic rings. The number of imidazole rings is 1. The summed E-state index contributed by atoms with van der Waals surface area (Å²) >= 11 is 1.91. The van der Waals surface area contributed by atoms with Crippen molar-refractivity contribution in [3.8, 4) is 5.75 Å². The Morgan fingerprint density at radius 2 is 2.00 bits per heavy atom. The van der Waals surface area contributed by atoms with Crippen molar-refractivity contribution in [3.63, 3.8) is 0 Å². The number of hydrogen-bond acceptors (Lipinski definition) is 6. The minimum absolute atomic E-state index is 0.0131. The summed E-state index contributed by atoms with van der Waals surface area (Å²) in [6, 6.07) is 9.74. The topological polar surface area (TPSA) is 87.2 Å². The first-order chi connectivity index (χ1) is 13.7. The van der Waals surface area contributed by atoms with E-state index >= 15 is 0 Å². The molecule has 0 unspecified atom stereocenters. The van der Waals surface area contributed by atoms with E-state index in [0.29, 0.717) is 40.2 Å². The van der Waals surface area contributed by atoms with E-state index in [4.69, 9.17) is 9.88 Å². The number of fused-ring (bicyclic) bond motifs is 1. The molecule has 0 spiro atoms. The Bertz CT molecular complexity index is 1130. The quantitative estimate of drug-likeness (QED) is 0.505. The molecule has 0 radical (unpaired) electrons. The second-order valence-corrected chi connectivity index (χ2v) is 9.52. The largest absolute Gasteiger partial charge is 0.496 e. The number of halogens is 2. The summed E-state index contributed by atoms with van der Waals surface area (Å²) in [6.45, 7) is 2.62. The second-order valence-electron chi connectivity index (χ2n) is 5.99. The summed E-state index contributed by atoms with van der Waals surface area (Å²) in [6.07, 6.45) is 0. The van der Waals surface area contributed by atoms with Gasteiger partial charge in [-0.3, -0.25) is 0 Å². The standard InChI is InChI=1S/C18H19F2N3O3S3/c1-3-23-14-6-5-12(29(21,24)25)9-13(14)22-18(23)27-10-11-4-7-16(28-17(19)20)15(8-11)26-2/h4-9,17H,3,10H2,1-2H3,(H2,21,24,25). The molecule has 0 saturated carbocycles. The van der Waals surface area contributed by atoms with Crippen LogP contribution in [0, 0.1) is 0 Å². The second kappa shape index (κ2) is 8.90. The number of rotatable bonds is 8. The van der Waals surface area contributed by atoms with Crippen LogP contribution < -0.4 is 9.88 Å². The van der Waals surface area contributed by atoms with Crippen LogP contribution in [-0.4, -0.2) is 30.8 Å². The summed E-state index contributed by atoms with van der Waals surface area (Å²) in [7, 11) is -2.36. The van der Waals surface area contributed by atoms with Crippen LogP contribution in [0.5, 0.6) is 5.75 Å². The van der Waals surface area contributed by atoms with Crippen molar-refractivity contribution in [2.75, 3.05) is 7.11 Å². The Morgan fingerprint density at radius 1 is 1.24 bits per heavy atom. The fourth-order valence-corrected chi connectivity index (χ4v) is 4.98. The van der Waals surface area contributed by atoms with Crippen LogP contribution in [0.15, 0.2) is 51.3 Å². The van der Waals surface area contributed by atoms with Crippen LogP contribution in [0.1, 0.15) is 12.5 Å². The van der Waals surface area contributed by atoms with E-state index < -0.39 is 15.8 Å². The molecule has 0 atom stereocenters. The van der Waals surface area contributed by atoms with Crippen molar-refractivity contribution >= 4 is 44.6 Å². The SMILES string of the molecule is CCn1c(SCc2ccc(SC(F)F)c(OC)c2)nc2cc(S(N)(=O)=O)ccc21. The average molecular weight is 460 g/mol. The van der Waals surface area contributed by atoms with Crippen LogP contribution in [0.2, 0.25) is 0 Å². The molecule has 0 fully saturated rings. The first-order valence-corrected chi connectivity index (χ1v) is 11.9. The molecule has 2 aromatic carbocycles. The summed E-state index contributed by atoms with van der Waals surface area (Å²) in [5.41, 5.74) is 2.25. The average Bonchev–Trinajstić information content (AvgIpc) is 3.02. The minimum Gasteiger partial charge on any atom is -0.496 e. The molecule has 0 amide bonds. The Balaban J connectivity index is 1.86. The molecule has 3 rings (SSSR count). The molecule has 6 nitrogen and oxygen atoms in total. The number of nitrogens with two attached hydrogens (primary N) is 1. The monoisotopic (exact) mass is 459 g/mol. The highest BCUT2D eigenvalue weighted by atomic mass is 32.2. The maximum absolute atomic E-state index is 12.6. The molecule has 29 heavy (non-hydrogen) atoms. The van der Waals surface area contributed by atoms with Crippen molar-refractivity contribution in [3.05, 3.63) is 42.0 Å². The number of aryl methyl sites for hydroxylation is 1. The first kappa shape index (κ1) is 21.9. The van der Waals surface area contributed by atoms with E-state index in [1.54, 1.807) is 24.3 Å². The normalized spacial score (nSPS) is 12.1. The molecule has 0 aliphatic rings. The van der Waals surface area contributed by atoms with E-state index in [9.17, 15) is 17.2 Å². The summed E-state index contributed by atoms with van der Waals surface area (Å²) in [4.78, 5) is 4.94. The Hall–Kier alpha value is -1.82. The number of sulfonamides is 1. The third-order valence-electron chi connectivity index (χ3n) is 4.14. The van der Waals surface area contributed by atoms with Crippen molar-refractivity contribution < 1.29 is 21.9 Å². The fraction of sp³-hybridized carbons (Fsp3) is 0.278. The Kier molecular flexibility index (Phi) is 6.72. The van der Waals surface area contributed by atoms with Gasteiger partial charge in [-0.2, -0.15) is 8.78 Å². The number of methoxy groups -OCH3 is 1. The summed E-state index contributed by atoms with van der Waals surface area (Å²) < 4.78 is 55.6. The molecule has 2 N–H and O–H groups in total. The minimum atomic E-state index is -3.81. The van der Waals surface area contributed by atoms with Gasteiger partial charge >= 0.3 is 0 Å². The predicted octanol–water partition coefficient (Wildman–Crippen LogP) is 4.32. The summed E-state index contributed by atoms with van der Waals surface area (Å²) in [5, 5.41) is 5.92. The molecule has 0 saturated heterocycles. The van der Waals surface area contributed by atoms with Gasteiger partial charge in [0.15, 0.2) is 5.16 Å². The third kappa shape index (κ3) is 5.03. The Labute approximate surface area is 175 Å². The molecular weight excluding hydrogens is 440 g/mol. The zero-order chi connectivity index (χ0) is 21.2. The molecule has 156 valence electrons. The van der Waals surface area contributed by atoms with Crippen molar-refractivity contribution in [2.45, 2.75) is 39.9 Å². The zero-order valence-electron chi connectivity index (χ0n) is 15.6. The maximum atomic E-state index is 12.6. The van der Waals surface area contributed by atoms with Gasteiger partial charge in [-0.05, 0) is 42.8 Å². The lowest BCUT2D eigenvalue weighted by Crippen LogP contribution is -2.11. The maximum Gasteiger partial charge on any atom is 0.289 e. The number of hydrogen-bond donors (Lipinski definition) is 1. The van der Waals surface area contributed by atoms with Gasteiger partial charge in [-0.1, -0.05) is 29.6 Å². The molecule has 11 heteroatoms. The lowest BCUT2D eigenvalue weighted by Gasteiger charge is -2.10. The van der Waals surface area contributed by atoms with E-state index in [2.05, 4.69) is 4.98 Å². The van der Waals surface area contributed by atoms with Gasteiger partial charge in [-0.25, -0.2) is 18.5 Å². The number of aromatic nitrogens is 2. The van der Waals surface area contributed by atoms with Crippen LogP contribution in [0.25, 0.3) is 11.0 Å². The van der Waals surface area contributed by atoms with Crippen LogP contribution in [-0.2, 0) is 22.3 Å². The fourth-order valence-electron chi connectivity index (χ4n) is 2.82. The highest BCUT2D eigenvalue weighted by Crippen LogP contribution is 2.35. The molecule has 0 bridgehead atoms. The Morgan fingerprint density at radius 3 is 2.62 bits per heavy atom. The highest BCUT2D eigenvalue weighted by molar-refractivity contribution is 7.99. The van der Waals surface area contributed by atoms with Crippen LogP contribution in [0.3, 0.4) is 0 Å². The predicted molar refractivity (Wildman–Crippen MR) is 111 cm³/mol. The lowest BCUT2D eigenvalue weighted by molar-refractivity contribution is 0.251. The van der Waals surface area contributed by atoms with Gasteiger partial charge in [0.2, 0.25) is 10.0 Å². The molecule has 0 aliphatic heterocycles.